The van der Waals surface area contributed by atoms with Crippen LogP contribution in [0.4, 0.5) is 0 Å². The lowest BCUT2D eigenvalue weighted by atomic mass is 9.98. The van der Waals surface area contributed by atoms with Crippen LogP contribution in [0.3, 0.4) is 0 Å². The summed E-state index contributed by atoms with van der Waals surface area (Å²) in [5.74, 6) is 0.374. The van der Waals surface area contributed by atoms with Crippen molar-refractivity contribution in [1.82, 2.24) is 9.80 Å². The monoisotopic (exact) mass is 464 g/mol. The Balaban J connectivity index is 1.50. The highest BCUT2D eigenvalue weighted by Gasteiger charge is 2.29. The number of ether oxygens (including phenoxy) is 1. The summed E-state index contributed by atoms with van der Waals surface area (Å²) in [5, 5.41) is -0.355. The Morgan fingerprint density at radius 2 is 1.56 bits per heavy atom. The van der Waals surface area contributed by atoms with Gasteiger partial charge in [-0.25, -0.2) is 8.42 Å². The molecular weight excluding hydrogens is 428 g/mol. The predicted molar refractivity (Wildman–Crippen MR) is 124 cm³/mol. The van der Waals surface area contributed by atoms with Gasteiger partial charge in [-0.05, 0) is 64.2 Å². The van der Waals surface area contributed by atoms with Crippen LogP contribution in [0.15, 0.2) is 24.3 Å². The van der Waals surface area contributed by atoms with Gasteiger partial charge < -0.3 is 14.5 Å². The molecule has 2 aliphatic heterocycles. The molecule has 0 bridgehead atoms. The number of amides is 2. The number of rotatable bonds is 6. The summed E-state index contributed by atoms with van der Waals surface area (Å²) in [6.45, 7) is 9.73. The predicted octanol–water partition coefficient (Wildman–Crippen LogP) is 2.54. The van der Waals surface area contributed by atoms with Gasteiger partial charge in [0.25, 0.3) is 5.91 Å². The fraction of sp³-hybridized carbons (Fsp3) is 0.667. The molecule has 2 aliphatic rings. The summed E-state index contributed by atoms with van der Waals surface area (Å²) in [6.07, 6.45) is 1.78. The van der Waals surface area contributed by atoms with E-state index in [2.05, 4.69) is 0 Å². The van der Waals surface area contributed by atoms with Gasteiger partial charge in [-0.1, -0.05) is 12.1 Å². The molecule has 178 valence electrons. The first kappa shape index (κ1) is 24.7. The van der Waals surface area contributed by atoms with Gasteiger partial charge >= 0.3 is 0 Å². The normalized spacial score (nSPS) is 22.9. The molecule has 0 unspecified atom stereocenters. The summed E-state index contributed by atoms with van der Waals surface area (Å²) in [7, 11) is -3.05. The Hall–Kier alpha value is -1.93. The number of carbonyl (C=O) groups is 2. The van der Waals surface area contributed by atoms with Crippen molar-refractivity contribution in [2.24, 2.45) is 5.92 Å². The number of hydrogen-bond acceptors (Lipinski definition) is 5. The smallest absolute Gasteiger partial charge is 0.254 e. The lowest BCUT2D eigenvalue weighted by Gasteiger charge is -2.35. The minimum absolute atomic E-state index is 0.0108. The molecule has 7 nitrogen and oxygen atoms in total. The van der Waals surface area contributed by atoms with Crippen LogP contribution in [0.25, 0.3) is 0 Å². The molecule has 1 aromatic rings. The van der Waals surface area contributed by atoms with Gasteiger partial charge in [-0.3, -0.25) is 9.59 Å². The van der Waals surface area contributed by atoms with Crippen molar-refractivity contribution in [3.63, 3.8) is 0 Å². The number of sulfone groups is 1. The van der Waals surface area contributed by atoms with E-state index in [1.165, 1.54) is 0 Å². The number of carbonyl (C=O) groups excluding carboxylic acids is 2. The summed E-state index contributed by atoms with van der Waals surface area (Å²) in [5.41, 5.74) is 1.49. The van der Waals surface area contributed by atoms with Gasteiger partial charge in [0.05, 0.1) is 29.6 Å². The molecule has 32 heavy (non-hydrogen) atoms. The van der Waals surface area contributed by atoms with Crippen LogP contribution in [0.1, 0.15) is 56.5 Å². The van der Waals surface area contributed by atoms with Crippen LogP contribution >= 0.6 is 0 Å². The van der Waals surface area contributed by atoms with Crippen molar-refractivity contribution in [3.05, 3.63) is 35.4 Å². The van der Waals surface area contributed by atoms with Crippen molar-refractivity contribution in [2.75, 3.05) is 31.9 Å². The zero-order valence-corrected chi connectivity index (χ0v) is 20.4. The zero-order valence-electron chi connectivity index (χ0n) is 19.6. The molecule has 0 aliphatic carbocycles. The highest BCUT2D eigenvalue weighted by atomic mass is 32.2. The van der Waals surface area contributed by atoms with E-state index in [0.717, 1.165) is 18.4 Å². The summed E-state index contributed by atoms with van der Waals surface area (Å²) in [6, 6.07) is 7.28. The van der Waals surface area contributed by atoms with Crippen LogP contribution in [-0.2, 0) is 25.8 Å². The van der Waals surface area contributed by atoms with Gasteiger partial charge in [-0.15, -0.1) is 0 Å². The van der Waals surface area contributed by atoms with E-state index in [-0.39, 0.29) is 47.4 Å². The zero-order chi connectivity index (χ0) is 23.5. The minimum Gasteiger partial charge on any atom is -0.372 e. The number of morpholine rings is 1. The molecule has 0 aromatic heterocycles. The second kappa shape index (κ2) is 10.3. The Labute approximate surface area is 192 Å². The molecule has 2 atom stereocenters. The second-order valence-electron chi connectivity index (χ2n) is 9.54. The molecule has 0 spiro atoms. The molecule has 2 amide bonds. The summed E-state index contributed by atoms with van der Waals surface area (Å²) in [4.78, 5) is 29.2. The van der Waals surface area contributed by atoms with Gasteiger partial charge in [0.15, 0.2) is 9.84 Å². The first-order valence-electron chi connectivity index (χ1n) is 11.6. The van der Waals surface area contributed by atoms with Crippen molar-refractivity contribution in [2.45, 2.75) is 64.4 Å². The first-order valence-corrected chi connectivity index (χ1v) is 13.3. The van der Waals surface area contributed by atoms with Gasteiger partial charge in [0.2, 0.25) is 5.91 Å². The summed E-state index contributed by atoms with van der Waals surface area (Å²) < 4.78 is 30.0. The van der Waals surface area contributed by atoms with Crippen molar-refractivity contribution in [3.8, 4) is 0 Å². The van der Waals surface area contributed by atoms with E-state index in [4.69, 9.17) is 4.74 Å². The summed E-state index contributed by atoms with van der Waals surface area (Å²) >= 11 is 0. The SMILES string of the molecule is CC(C)S(=O)(=O)CC1CCN(C(=O)Cc2ccc(C(=O)N3C[C@@H](C)O[C@@H](C)C3)cc2)CC1. The number of nitrogens with zero attached hydrogens (tertiary/aromatic N) is 2. The lowest BCUT2D eigenvalue weighted by molar-refractivity contribution is -0.131. The molecule has 8 heteroatoms. The maximum atomic E-state index is 12.8. The number of piperidine rings is 1. The number of hydrogen-bond donors (Lipinski definition) is 0. The fourth-order valence-corrected chi connectivity index (χ4v) is 5.82. The third-order valence-electron chi connectivity index (χ3n) is 6.42. The van der Waals surface area contributed by atoms with Gasteiger partial charge in [0.1, 0.15) is 0 Å². The maximum Gasteiger partial charge on any atom is 0.254 e. The highest BCUT2D eigenvalue weighted by Crippen LogP contribution is 2.22. The minimum atomic E-state index is -3.05. The van der Waals surface area contributed by atoms with Gasteiger partial charge in [0, 0.05) is 31.7 Å². The highest BCUT2D eigenvalue weighted by molar-refractivity contribution is 7.91. The largest absolute Gasteiger partial charge is 0.372 e. The molecule has 0 N–H and O–H groups in total. The van der Waals surface area contributed by atoms with Crippen molar-refractivity contribution >= 4 is 21.7 Å². The van der Waals surface area contributed by atoms with E-state index in [1.807, 2.05) is 35.8 Å². The Morgan fingerprint density at radius 1 is 1.00 bits per heavy atom. The molecule has 1 aromatic carbocycles. The van der Waals surface area contributed by atoms with Crippen LogP contribution in [-0.4, -0.2) is 79.4 Å². The van der Waals surface area contributed by atoms with E-state index < -0.39 is 9.84 Å². The molecule has 0 radical (unpaired) electrons. The lowest BCUT2D eigenvalue weighted by Crippen LogP contribution is -2.48. The topological polar surface area (TPSA) is 84.0 Å². The first-order chi connectivity index (χ1) is 15.0. The average Bonchev–Trinajstić information content (AvgIpc) is 2.73. The third-order valence-corrected chi connectivity index (χ3v) is 8.79. The van der Waals surface area contributed by atoms with E-state index in [1.54, 1.807) is 26.0 Å². The fourth-order valence-electron chi connectivity index (χ4n) is 4.45. The standard InChI is InChI=1S/C24H36N2O5S/c1-17(2)32(29,30)16-21-9-11-25(12-10-21)23(27)13-20-5-7-22(8-6-20)24(28)26-14-18(3)31-19(4)15-26/h5-8,17-19,21H,9-16H2,1-4H3/t18-,19+. The molecular formula is C24H36N2O5S. The number of benzene rings is 1. The Bertz CT molecular complexity index is 895. The Kier molecular flexibility index (Phi) is 7.98. The molecule has 3 rings (SSSR count). The van der Waals surface area contributed by atoms with Crippen LogP contribution in [0.5, 0.6) is 0 Å². The van der Waals surface area contributed by atoms with Crippen LogP contribution in [0, 0.1) is 5.92 Å². The van der Waals surface area contributed by atoms with E-state index >= 15 is 0 Å². The van der Waals surface area contributed by atoms with Gasteiger partial charge in [-0.2, -0.15) is 0 Å². The van der Waals surface area contributed by atoms with Crippen molar-refractivity contribution in [1.29, 1.82) is 0 Å². The Morgan fingerprint density at radius 3 is 2.09 bits per heavy atom. The average molecular weight is 465 g/mol. The van der Waals surface area contributed by atoms with E-state index in [0.29, 0.717) is 31.7 Å². The quantitative estimate of drug-likeness (QED) is 0.646. The van der Waals surface area contributed by atoms with Crippen molar-refractivity contribution < 1.29 is 22.7 Å². The number of likely N-dealkylation sites (tertiary alicyclic amines) is 1. The maximum absolute atomic E-state index is 12.8. The van der Waals surface area contributed by atoms with E-state index in [9.17, 15) is 18.0 Å². The third kappa shape index (κ3) is 6.32. The van der Waals surface area contributed by atoms with Crippen LogP contribution < -0.4 is 0 Å². The second-order valence-corrected chi connectivity index (χ2v) is 12.1. The molecule has 2 heterocycles. The van der Waals surface area contributed by atoms with Crippen LogP contribution in [0.2, 0.25) is 0 Å². The molecule has 2 fully saturated rings. The molecule has 0 saturated carbocycles. The molecule has 2 saturated heterocycles.